The van der Waals surface area contributed by atoms with Gasteiger partial charge in [-0.05, 0) is 75.7 Å². The first-order chi connectivity index (χ1) is 16.4. The van der Waals surface area contributed by atoms with Crippen LogP contribution in [0.15, 0.2) is 60.8 Å². The third-order valence-corrected chi connectivity index (χ3v) is 7.75. The predicted octanol–water partition coefficient (Wildman–Crippen LogP) is 8.51. The number of hydrogen-bond acceptors (Lipinski definition) is 3. The summed E-state index contributed by atoms with van der Waals surface area (Å²) in [5, 5.41) is 2.82. The highest BCUT2D eigenvalue weighted by atomic mass is 35.5. The van der Waals surface area contributed by atoms with Gasteiger partial charge in [-0.25, -0.2) is 0 Å². The number of likely N-dealkylation sites (tertiary alicyclic amines) is 1. The number of aromatic nitrogens is 2. The van der Waals surface area contributed by atoms with E-state index in [9.17, 15) is 0 Å². The third-order valence-electron chi connectivity index (χ3n) is 6.79. The highest BCUT2D eigenvalue weighted by molar-refractivity contribution is 6.39. The van der Waals surface area contributed by atoms with Crippen molar-refractivity contribution in [1.29, 1.82) is 0 Å². The Morgan fingerprint density at radius 2 is 1.53 bits per heavy atom. The van der Waals surface area contributed by atoms with Crippen LogP contribution in [0.5, 0.6) is 0 Å². The number of nitrogens with zero attached hydrogens (tertiary/aromatic N) is 3. The maximum absolute atomic E-state index is 6.67. The summed E-state index contributed by atoms with van der Waals surface area (Å²) in [6, 6.07) is 18.3. The van der Waals surface area contributed by atoms with Gasteiger partial charge in [0.1, 0.15) is 0 Å². The van der Waals surface area contributed by atoms with Gasteiger partial charge in [-0.3, -0.25) is 9.97 Å². The summed E-state index contributed by atoms with van der Waals surface area (Å²) < 4.78 is 0. The van der Waals surface area contributed by atoms with Gasteiger partial charge < -0.3 is 4.90 Å². The first-order valence-electron chi connectivity index (χ1n) is 11.7. The summed E-state index contributed by atoms with van der Waals surface area (Å²) >= 11 is 19.9. The second kappa shape index (κ2) is 9.83. The van der Waals surface area contributed by atoms with E-state index in [0.717, 1.165) is 53.7 Å². The molecule has 5 rings (SSSR count). The van der Waals surface area contributed by atoms with Crippen LogP contribution in [-0.4, -0.2) is 34.0 Å². The summed E-state index contributed by atoms with van der Waals surface area (Å²) in [5.74, 6) is 0.371. The number of halogens is 3. The second-order valence-electron chi connectivity index (χ2n) is 9.13. The lowest BCUT2D eigenvalue weighted by molar-refractivity contribution is 0.171. The van der Waals surface area contributed by atoms with Crippen molar-refractivity contribution in [1.82, 2.24) is 14.9 Å². The lowest BCUT2D eigenvalue weighted by Crippen LogP contribution is -2.38. The number of piperidine rings is 1. The normalized spacial score (nSPS) is 15.4. The van der Waals surface area contributed by atoms with E-state index >= 15 is 0 Å². The van der Waals surface area contributed by atoms with Gasteiger partial charge in [-0.1, -0.05) is 59.1 Å². The molecule has 1 aliphatic rings. The Kier molecular flexibility index (Phi) is 6.81. The smallest absolute Gasteiger partial charge is 0.0994 e. The highest BCUT2D eigenvalue weighted by Crippen LogP contribution is 2.41. The molecule has 0 atom stereocenters. The molecule has 0 aliphatic carbocycles. The molecule has 174 valence electrons. The fourth-order valence-electron chi connectivity index (χ4n) is 4.90. The molecular weight excluding hydrogens is 485 g/mol. The van der Waals surface area contributed by atoms with Gasteiger partial charge in [0.2, 0.25) is 0 Å². The molecule has 0 N–H and O–H groups in total. The van der Waals surface area contributed by atoms with Crippen LogP contribution in [0, 0.1) is 0 Å². The van der Waals surface area contributed by atoms with Gasteiger partial charge in [0.15, 0.2) is 0 Å². The number of rotatable bonds is 4. The van der Waals surface area contributed by atoms with Gasteiger partial charge >= 0.3 is 0 Å². The molecule has 0 spiro atoms. The van der Waals surface area contributed by atoms with E-state index in [0.29, 0.717) is 38.3 Å². The standard InChI is InChI=1S/C28H26Cl3N3/c1-17(2)34-14-11-18(12-15-34)25-16-21(19-6-3-4-7-22(19)29)20-10-13-32-28(27(20)33-25)26-23(30)8-5-9-24(26)31/h3-10,13,16-18H,11-12,14-15H2,1-2H3. The van der Waals surface area contributed by atoms with Gasteiger partial charge in [0.05, 0.1) is 21.3 Å². The van der Waals surface area contributed by atoms with Gasteiger partial charge in [0.25, 0.3) is 0 Å². The van der Waals surface area contributed by atoms with Crippen molar-refractivity contribution in [2.45, 2.75) is 38.6 Å². The average molecular weight is 511 g/mol. The van der Waals surface area contributed by atoms with Gasteiger partial charge in [0, 0.05) is 45.4 Å². The topological polar surface area (TPSA) is 29.0 Å². The SMILES string of the molecule is CC(C)N1CCC(c2cc(-c3ccccc3Cl)c3ccnc(-c4c(Cl)cccc4Cl)c3n2)CC1. The summed E-state index contributed by atoms with van der Waals surface area (Å²) in [6.07, 6.45) is 3.93. The quantitative estimate of drug-likeness (QED) is 0.275. The Labute approximate surface area is 215 Å². The first kappa shape index (κ1) is 23.6. The van der Waals surface area contributed by atoms with Crippen LogP contribution in [0.2, 0.25) is 15.1 Å². The lowest BCUT2D eigenvalue weighted by atomic mass is 9.89. The zero-order chi connectivity index (χ0) is 23.8. The van der Waals surface area contributed by atoms with E-state index < -0.39 is 0 Å². The minimum Gasteiger partial charge on any atom is -0.301 e. The number of fused-ring (bicyclic) bond motifs is 1. The molecule has 0 unspecified atom stereocenters. The molecule has 4 aromatic rings. The van der Waals surface area contributed by atoms with Crippen LogP contribution in [0.25, 0.3) is 33.3 Å². The molecule has 34 heavy (non-hydrogen) atoms. The summed E-state index contributed by atoms with van der Waals surface area (Å²) in [7, 11) is 0. The van der Waals surface area contributed by atoms with Crippen molar-refractivity contribution in [3.63, 3.8) is 0 Å². The molecule has 2 aromatic carbocycles. The Hall–Kier alpha value is -2.17. The van der Waals surface area contributed by atoms with Crippen molar-refractivity contribution in [2.75, 3.05) is 13.1 Å². The molecule has 3 heterocycles. The predicted molar refractivity (Wildman–Crippen MR) is 144 cm³/mol. The first-order valence-corrected chi connectivity index (χ1v) is 12.8. The van der Waals surface area contributed by atoms with Crippen LogP contribution in [0.4, 0.5) is 0 Å². The van der Waals surface area contributed by atoms with Crippen molar-refractivity contribution in [3.8, 4) is 22.4 Å². The van der Waals surface area contributed by atoms with Crippen LogP contribution in [-0.2, 0) is 0 Å². The van der Waals surface area contributed by atoms with E-state index in [4.69, 9.17) is 44.8 Å². The van der Waals surface area contributed by atoms with E-state index in [1.165, 1.54) is 0 Å². The summed E-state index contributed by atoms with van der Waals surface area (Å²) in [5.41, 5.74) is 5.33. The Morgan fingerprint density at radius 1 is 0.853 bits per heavy atom. The van der Waals surface area contributed by atoms with E-state index in [1.807, 2.05) is 42.5 Å². The molecule has 1 aliphatic heterocycles. The molecule has 0 saturated carbocycles. The summed E-state index contributed by atoms with van der Waals surface area (Å²) in [6.45, 7) is 6.66. The molecule has 3 nitrogen and oxygen atoms in total. The fourth-order valence-corrected chi connectivity index (χ4v) is 5.72. The van der Waals surface area contributed by atoms with Crippen LogP contribution >= 0.6 is 34.8 Å². The number of benzene rings is 2. The van der Waals surface area contributed by atoms with Crippen molar-refractivity contribution >= 4 is 45.7 Å². The highest BCUT2D eigenvalue weighted by Gasteiger charge is 2.25. The monoisotopic (exact) mass is 509 g/mol. The molecular formula is C28H26Cl3N3. The zero-order valence-corrected chi connectivity index (χ0v) is 21.5. The molecule has 0 amide bonds. The third kappa shape index (κ3) is 4.43. The Morgan fingerprint density at radius 3 is 2.21 bits per heavy atom. The minimum absolute atomic E-state index is 0.371. The molecule has 0 bridgehead atoms. The number of pyridine rings is 2. The van der Waals surface area contributed by atoms with E-state index in [1.54, 1.807) is 6.20 Å². The number of hydrogen-bond donors (Lipinski definition) is 0. The van der Waals surface area contributed by atoms with Crippen LogP contribution < -0.4 is 0 Å². The van der Waals surface area contributed by atoms with Crippen LogP contribution in [0.1, 0.15) is 38.3 Å². The molecule has 1 fully saturated rings. The second-order valence-corrected chi connectivity index (χ2v) is 10.4. The van der Waals surface area contributed by atoms with Gasteiger partial charge in [-0.2, -0.15) is 0 Å². The van der Waals surface area contributed by atoms with Crippen LogP contribution in [0.3, 0.4) is 0 Å². The lowest BCUT2D eigenvalue weighted by Gasteiger charge is -2.34. The van der Waals surface area contributed by atoms with Crippen molar-refractivity contribution in [3.05, 3.63) is 81.6 Å². The van der Waals surface area contributed by atoms with Crippen molar-refractivity contribution in [2.24, 2.45) is 0 Å². The van der Waals surface area contributed by atoms with Crippen molar-refractivity contribution < 1.29 is 0 Å². The largest absolute Gasteiger partial charge is 0.301 e. The Bertz CT molecular complexity index is 1320. The maximum atomic E-state index is 6.67. The molecule has 6 heteroatoms. The molecule has 0 radical (unpaired) electrons. The molecule has 2 aromatic heterocycles. The van der Waals surface area contributed by atoms with Gasteiger partial charge in [-0.15, -0.1) is 0 Å². The fraction of sp³-hybridized carbons (Fsp3) is 0.286. The minimum atomic E-state index is 0.371. The summed E-state index contributed by atoms with van der Waals surface area (Å²) in [4.78, 5) is 12.4. The van der Waals surface area contributed by atoms with E-state index in [2.05, 4.69) is 30.9 Å². The average Bonchev–Trinajstić information content (AvgIpc) is 2.84. The maximum Gasteiger partial charge on any atom is 0.0994 e. The van der Waals surface area contributed by atoms with E-state index in [-0.39, 0.29) is 0 Å². The molecule has 1 saturated heterocycles. The Balaban J connectivity index is 1.73. The zero-order valence-electron chi connectivity index (χ0n) is 19.2.